The van der Waals surface area contributed by atoms with Crippen LogP contribution in [0.4, 0.5) is 19.0 Å². The molecule has 0 aromatic carbocycles. The van der Waals surface area contributed by atoms with Crippen molar-refractivity contribution in [1.82, 2.24) is 10.0 Å². The fraction of sp³-hybridized carbons (Fsp3) is 0.222. The molecule has 1 heterocycles. The number of thiocarbonyl (C=S) groups is 1. The summed E-state index contributed by atoms with van der Waals surface area (Å²) in [7, 11) is 1.30. The number of aliphatic imine (C=N–C) groups is 1. The van der Waals surface area contributed by atoms with Crippen LogP contribution in [0.1, 0.15) is 5.56 Å². The zero-order chi connectivity index (χ0) is 14.6. The molecule has 0 saturated heterocycles. The van der Waals surface area contributed by atoms with E-state index in [1.54, 1.807) is 0 Å². The van der Waals surface area contributed by atoms with Gasteiger partial charge in [0.2, 0.25) is 0 Å². The Labute approximate surface area is 116 Å². The molecule has 1 aromatic rings. The van der Waals surface area contributed by atoms with Gasteiger partial charge in [0.25, 0.3) is 0 Å². The minimum atomic E-state index is -4.52. The van der Waals surface area contributed by atoms with Gasteiger partial charge in [-0.3, -0.25) is 5.21 Å². The van der Waals surface area contributed by atoms with Crippen molar-refractivity contribution >= 4 is 41.1 Å². The second kappa shape index (κ2) is 6.13. The normalized spacial score (nSPS) is 11.7. The van der Waals surface area contributed by atoms with Crippen LogP contribution in [0.3, 0.4) is 0 Å². The largest absolute Gasteiger partial charge is 0.417 e. The summed E-state index contributed by atoms with van der Waals surface area (Å²) in [5, 5.41) is 11.5. The summed E-state index contributed by atoms with van der Waals surface area (Å²) in [5.74, 6) is -0.0580. The molecule has 104 valence electrons. The SMILES string of the molecule is CN(O)/C=N/C(=S)Nc1ncc(C(F)(F)F)cc1Cl. The van der Waals surface area contributed by atoms with E-state index in [-0.39, 0.29) is 16.0 Å². The molecule has 0 saturated carbocycles. The molecular weight excluding hydrogens is 305 g/mol. The zero-order valence-electron chi connectivity index (χ0n) is 9.44. The molecule has 1 rings (SSSR count). The lowest BCUT2D eigenvalue weighted by atomic mass is 10.3. The Morgan fingerprint density at radius 2 is 2.26 bits per heavy atom. The minimum absolute atomic E-state index is 0.0580. The van der Waals surface area contributed by atoms with Crippen LogP contribution in [0.2, 0.25) is 5.02 Å². The van der Waals surface area contributed by atoms with Gasteiger partial charge in [-0.1, -0.05) is 11.6 Å². The van der Waals surface area contributed by atoms with Crippen LogP contribution in [0.15, 0.2) is 17.3 Å². The molecule has 0 bridgehead atoms. The first-order valence-corrected chi connectivity index (χ1v) is 5.48. The predicted octanol–water partition coefficient (Wildman–Crippen LogP) is 2.80. The van der Waals surface area contributed by atoms with Crippen molar-refractivity contribution in [2.24, 2.45) is 4.99 Å². The van der Waals surface area contributed by atoms with Gasteiger partial charge < -0.3 is 5.32 Å². The molecular formula is C9H8ClF3N4OS. The highest BCUT2D eigenvalue weighted by molar-refractivity contribution is 7.80. The summed E-state index contributed by atoms with van der Waals surface area (Å²) in [6, 6.07) is 0.724. The van der Waals surface area contributed by atoms with Crippen molar-refractivity contribution in [2.75, 3.05) is 12.4 Å². The predicted molar refractivity (Wildman–Crippen MR) is 68.5 cm³/mol. The summed E-state index contributed by atoms with van der Waals surface area (Å²) in [5.41, 5.74) is -0.965. The Bertz CT molecular complexity index is 507. The highest BCUT2D eigenvalue weighted by Gasteiger charge is 2.31. The third kappa shape index (κ3) is 4.97. The second-order valence-electron chi connectivity index (χ2n) is 3.30. The van der Waals surface area contributed by atoms with E-state index < -0.39 is 11.7 Å². The summed E-state index contributed by atoms with van der Waals surface area (Å²) < 4.78 is 37.1. The Balaban J connectivity index is 2.84. The molecule has 0 aliphatic rings. The number of alkyl halides is 3. The molecule has 5 nitrogen and oxygen atoms in total. The van der Waals surface area contributed by atoms with Gasteiger partial charge in [0.15, 0.2) is 10.9 Å². The van der Waals surface area contributed by atoms with Gasteiger partial charge in [-0.15, -0.1) is 0 Å². The summed E-state index contributed by atoms with van der Waals surface area (Å²) in [6.45, 7) is 0. The second-order valence-corrected chi connectivity index (χ2v) is 4.09. The first kappa shape index (κ1) is 15.6. The fourth-order valence-electron chi connectivity index (χ4n) is 0.954. The number of nitrogens with one attached hydrogen (secondary N) is 1. The van der Waals surface area contributed by atoms with Crippen molar-refractivity contribution < 1.29 is 18.4 Å². The number of pyridine rings is 1. The summed E-state index contributed by atoms with van der Waals surface area (Å²) >= 11 is 10.4. The number of halogens is 4. The van der Waals surface area contributed by atoms with Crippen molar-refractivity contribution in [2.45, 2.75) is 6.18 Å². The summed E-state index contributed by atoms with van der Waals surface area (Å²) in [4.78, 5) is 7.09. The average molecular weight is 313 g/mol. The van der Waals surface area contributed by atoms with E-state index in [0.717, 1.165) is 12.4 Å². The fourth-order valence-corrected chi connectivity index (χ4v) is 1.31. The van der Waals surface area contributed by atoms with Crippen molar-refractivity contribution in [3.8, 4) is 0 Å². The monoisotopic (exact) mass is 312 g/mol. The quantitative estimate of drug-likeness (QED) is 0.380. The lowest BCUT2D eigenvalue weighted by Crippen LogP contribution is -2.14. The van der Waals surface area contributed by atoms with Crippen LogP contribution in [0.5, 0.6) is 0 Å². The first-order valence-electron chi connectivity index (χ1n) is 4.70. The number of hydrogen-bond acceptors (Lipinski definition) is 3. The van der Waals surface area contributed by atoms with Gasteiger partial charge in [-0.05, 0) is 18.3 Å². The molecule has 0 fully saturated rings. The van der Waals surface area contributed by atoms with Gasteiger partial charge in [0.05, 0.1) is 10.6 Å². The molecule has 0 unspecified atom stereocenters. The maximum Gasteiger partial charge on any atom is 0.417 e. The molecule has 0 radical (unpaired) electrons. The topological polar surface area (TPSA) is 60.8 Å². The summed E-state index contributed by atoms with van der Waals surface area (Å²) in [6.07, 6.45) is -2.90. The van der Waals surface area contributed by atoms with E-state index in [4.69, 9.17) is 29.0 Å². The van der Waals surface area contributed by atoms with Gasteiger partial charge in [0, 0.05) is 13.2 Å². The van der Waals surface area contributed by atoms with Crippen molar-refractivity contribution in [1.29, 1.82) is 0 Å². The highest BCUT2D eigenvalue weighted by Crippen LogP contribution is 2.32. The van der Waals surface area contributed by atoms with Crippen LogP contribution in [-0.2, 0) is 6.18 Å². The Morgan fingerprint density at radius 3 is 2.74 bits per heavy atom. The van der Waals surface area contributed by atoms with E-state index in [0.29, 0.717) is 11.3 Å². The van der Waals surface area contributed by atoms with E-state index in [2.05, 4.69) is 15.3 Å². The number of rotatable bonds is 2. The molecule has 0 aliphatic heterocycles. The van der Waals surface area contributed by atoms with Gasteiger partial charge in [-0.25, -0.2) is 15.0 Å². The Hall–Kier alpha value is -1.45. The maximum atomic E-state index is 12.4. The number of hydrogen-bond donors (Lipinski definition) is 2. The number of hydroxylamine groups is 2. The van der Waals surface area contributed by atoms with E-state index in [1.165, 1.54) is 7.05 Å². The van der Waals surface area contributed by atoms with Crippen LogP contribution < -0.4 is 5.32 Å². The average Bonchev–Trinajstić information content (AvgIpc) is 2.27. The smallest absolute Gasteiger partial charge is 0.314 e. The molecule has 0 amide bonds. The Morgan fingerprint density at radius 1 is 1.63 bits per heavy atom. The molecule has 2 N–H and O–H groups in total. The van der Waals surface area contributed by atoms with Crippen LogP contribution >= 0.6 is 23.8 Å². The maximum absolute atomic E-state index is 12.4. The van der Waals surface area contributed by atoms with Gasteiger partial charge in [-0.2, -0.15) is 13.2 Å². The molecule has 0 atom stereocenters. The number of aromatic nitrogens is 1. The molecule has 0 aliphatic carbocycles. The third-order valence-corrected chi connectivity index (χ3v) is 2.23. The number of nitrogens with zero attached hydrogens (tertiary/aromatic N) is 3. The van der Waals surface area contributed by atoms with Crippen LogP contribution in [0, 0.1) is 0 Å². The number of anilines is 1. The zero-order valence-corrected chi connectivity index (χ0v) is 11.0. The lowest BCUT2D eigenvalue weighted by Gasteiger charge is -2.09. The molecule has 19 heavy (non-hydrogen) atoms. The molecule has 10 heteroatoms. The molecule has 0 spiro atoms. The highest BCUT2D eigenvalue weighted by atomic mass is 35.5. The van der Waals surface area contributed by atoms with E-state index in [9.17, 15) is 13.2 Å². The van der Waals surface area contributed by atoms with Gasteiger partial charge >= 0.3 is 6.18 Å². The third-order valence-electron chi connectivity index (χ3n) is 1.74. The van der Waals surface area contributed by atoms with Gasteiger partial charge in [0.1, 0.15) is 6.34 Å². The van der Waals surface area contributed by atoms with Crippen LogP contribution in [0.25, 0.3) is 0 Å². The first-order chi connectivity index (χ1) is 8.70. The Kier molecular flexibility index (Phi) is 5.04. The van der Waals surface area contributed by atoms with E-state index >= 15 is 0 Å². The van der Waals surface area contributed by atoms with E-state index in [1.807, 2.05) is 0 Å². The lowest BCUT2D eigenvalue weighted by molar-refractivity contribution is -0.137. The minimum Gasteiger partial charge on any atom is -0.314 e. The molecule has 1 aromatic heterocycles. The van der Waals surface area contributed by atoms with Crippen LogP contribution in [-0.4, -0.2) is 33.8 Å². The van der Waals surface area contributed by atoms with Crippen molar-refractivity contribution in [3.05, 3.63) is 22.8 Å². The van der Waals surface area contributed by atoms with Crippen molar-refractivity contribution in [3.63, 3.8) is 0 Å². The standard InChI is InChI=1S/C9H8ClF3N4OS/c1-17(18)4-15-8(19)16-7-6(10)2-5(3-14-7)9(11,12)13/h2-4,18H,1H3,(H,14,16,19)/b15-4+.